The third-order valence-electron chi connectivity index (χ3n) is 4.69. The Bertz CT molecular complexity index is 835. The van der Waals surface area contributed by atoms with E-state index in [0.717, 1.165) is 28.8 Å². The number of carbonyl (C=O) groups excluding carboxylic acids is 1. The van der Waals surface area contributed by atoms with E-state index in [0.29, 0.717) is 18.9 Å². The van der Waals surface area contributed by atoms with Crippen molar-refractivity contribution in [2.45, 2.75) is 62.9 Å². The molecule has 3 rings (SSSR count). The summed E-state index contributed by atoms with van der Waals surface area (Å²) < 4.78 is 2.12. The molecule has 2 aromatic rings. The first-order valence-corrected chi connectivity index (χ1v) is 10.3. The largest absolute Gasteiger partial charge is 0.310 e. The van der Waals surface area contributed by atoms with Crippen LogP contribution in [0, 0.1) is 18.3 Å². The predicted octanol–water partition coefficient (Wildman–Crippen LogP) is 3.91. The summed E-state index contributed by atoms with van der Waals surface area (Å²) in [4.78, 5) is 14.8. The first-order valence-electron chi connectivity index (χ1n) is 9.39. The van der Waals surface area contributed by atoms with Crippen LogP contribution in [0.5, 0.6) is 0 Å². The van der Waals surface area contributed by atoms with E-state index in [1.165, 1.54) is 24.6 Å². The van der Waals surface area contributed by atoms with Crippen molar-refractivity contribution in [2.75, 3.05) is 11.4 Å². The number of carbonyl (C=O) groups is 1. The molecule has 0 saturated heterocycles. The number of anilines is 1. The number of aryl methyl sites for hydroxylation is 1. The van der Waals surface area contributed by atoms with Gasteiger partial charge in [0, 0.05) is 24.7 Å². The van der Waals surface area contributed by atoms with Gasteiger partial charge in [0.25, 0.3) is 0 Å². The molecule has 0 aliphatic heterocycles. The summed E-state index contributed by atoms with van der Waals surface area (Å²) in [5.41, 5.74) is 1.96. The van der Waals surface area contributed by atoms with E-state index in [1.54, 1.807) is 4.90 Å². The van der Waals surface area contributed by atoms with Crippen LogP contribution >= 0.6 is 11.8 Å². The zero-order valence-corrected chi connectivity index (χ0v) is 16.9. The monoisotopic (exact) mass is 383 g/mol. The molecule has 1 atom stereocenters. The van der Waals surface area contributed by atoms with Gasteiger partial charge < -0.3 is 9.47 Å². The lowest BCUT2D eigenvalue weighted by molar-refractivity contribution is -0.117. The molecule has 7 heteroatoms. The van der Waals surface area contributed by atoms with E-state index in [9.17, 15) is 4.79 Å². The van der Waals surface area contributed by atoms with Gasteiger partial charge in [-0.15, -0.1) is 10.2 Å². The number of nitriles is 1. The molecular formula is C20H25N5OS. The minimum Gasteiger partial charge on any atom is -0.310 e. The highest BCUT2D eigenvalue weighted by molar-refractivity contribution is 8.00. The van der Waals surface area contributed by atoms with Crippen LogP contribution in [0.2, 0.25) is 0 Å². The fraction of sp³-hybridized carbons (Fsp3) is 0.500. The molecule has 1 aromatic carbocycles. The third kappa shape index (κ3) is 4.51. The van der Waals surface area contributed by atoms with Crippen molar-refractivity contribution < 1.29 is 4.79 Å². The molecule has 142 valence electrons. The van der Waals surface area contributed by atoms with Crippen LogP contribution in [0.25, 0.3) is 0 Å². The second-order valence-electron chi connectivity index (χ2n) is 6.85. The average Bonchev–Trinajstić information content (AvgIpc) is 3.44. The maximum absolute atomic E-state index is 13.1. The number of rotatable bonds is 8. The molecule has 1 saturated carbocycles. The molecule has 27 heavy (non-hydrogen) atoms. The lowest BCUT2D eigenvalue weighted by Crippen LogP contribution is -2.37. The number of thioether (sulfide) groups is 1. The predicted molar refractivity (Wildman–Crippen MR) is 107 cm³/mol. The SMILES string of the molecule is CCn1c(SC(C)C(=O)N(CCC#N)c2ccc(C)cc2)nnc1C1CC1. The Labute approximate surface area is 164 Å². The standard InChI is InChI=1S/C20H25N5OS/c1-4-24-18(16-8-9-16)22-23-20(24)27-15(3)19(26)25(13-5-12-21)17-10-6-14(2)7-11-17/h6-7,10-11,15-16H,4-5,8-9,13H2,1-3H3. The van der Waals surface area contributed by atoms with E-state index in [1.807, 2.05) is 38.1 Å². The van der Waals surface area contributed by atoms with Gasteiger partial charge in [-0.25, -0.2) is 0 Å². The average molecular weight is 384 g/mol. The Kier molecular flexibility index (Phi) is 6.17. The number of amides is 1. The number of hydrogen-bond donors (Lipinski definition) is 0. The number of aromatic nitrogens is 3. The smallest absolute Gasteiger partial charge is 0.240 e. The first kappa shape index (κ1) is 19.4. The first-order chi connectivity index (χ1) is 13.0. The van der Waals surface area contributed by atoms with Crippen LogP contribution in [0.15, 0.2) is 29.4 Å². The van der Waals surface area contributed by atoms with Crippen LogP contribution in [0.3, 0.4) is 0 Å². The van der Waals surface area contributed by atoms with Crippen LogP contribution in [-0.4, -0.2) is 32.5 Å². The van der Waals surface area contributed by atoms with Gasteiger partial charge in [0.2, 0.25) is 5.91 Å². The van der Waals surface area contributed by atoms with Crippen molar-refractivity contribution in [3.8, 4) is 6.07 Å². The van der Waals surface area contributed by atoms with Crippen LogP contribution in [-0.2, 0) is 11.3 Å². The van der Waals surface area contributed by atoms with Crippen molar-refractivity contribution in [1.29, 1.82) is 5.26 Å². The summed E-state index contributed by atoms with van der Waals surface area (Å²) >= 11 is 1.44. The lowest BCUT2D eigenvalue weighted by Gasteiger charge is -2.25. The molecule has 1 aliphatic carbocycles. The van der Waals surface area contributed by atoms with E-state index >= 15 is 0 Å². The minimum absolute atomic E-state index is 0.0160. The van der Waals surface area contributed by atoms with Crippen molar-refractivity contribution in [3.05, 3.63) is 35.7 Å². The van der Waals surface area contributed by atoms with Gasteiger partial charge in [-0.05, 0) is 45.7 Å². The van der Waals surface area contributed by atoms with Crippen LogP contribution in [0.1, 0.15) is 50.4 Å². The number of hydrogen-bond acceptors (Lipinski definition) is 5. The highest BCUT2D eigenvalue weighted by atomic mass is 32.2. The maximum atomic E-state index is 13.1. The topological polar surface area (TPSA) is 74.8 Å². The summed E-state index contributed by atoms with van der Waals surface area (Å²) in [5, 5.41) is 18.1. The van der Waals surface area contributed by atoms with E-state index in [-0.39, 0.29) is 11.2 Å². The van der Waals surface area contributed by atoms with Gasteiger partial charge >= 0.3 is 0 Å². The molecule has 0 bridgehead atoms. The molecule has 0 spiro atoms. The molecule has 1 amide bonds. The van der Waals surface area contributed by atoms with Gasteiger partial charge in [-0.3, -0.25) is 4.79 Å². The normalized spacial score (nSPS) is 14.6. The van der Waals surface area contributed by atoms with Gasteiger partial charge in [0.15, 0.2) is 5.16 Å². The molecule has 1 heterocycles. The van der Waals surface area contributed by atoms with E-state index in [4.69, 9.17) is 5.26 Å². The summed E-state index contributed by atoms with van der Waals surface area (Å²) in [6, 6.07) is 9.96. The highest BCUT2D eigenvalue weighted by Crippen LogP contribution is 2.40. The molecular weight excluding hydrogens is 358 g/mol. The summed E-state index contributed by atoms with van der Waals surface area (Å²) in [5.74, 6) is 1.55. The summed E-state index contributed by atoms with van der Waals surface area (Å²) in [6.45, 7) is 7.18. The Balaban J connectivity index is 1.77. The molecule has 1 aromatic heterocycles. The zero-order chi connectivity index (χ0) is 19.4. The highest BCUT2D eigenvalue weighted by Gasteiger charge is 2.31. The van der Waals surface area contributed by atoms with Crippen molar-refractivity contribution >= 4 is 23.4 Å². The fourth-order valence-electron chi connectivity index (χ4n) is 3.01. The Morgan fingerprint density at radius 1 is 1.37 bits per heavy atom. The molecule has 0 radical (unpaired) electrons. The van der Waals surface area contributed by atoms with Crippen molar-refractivity contribution in [1.82, 2.24) is 14.8 Å². The number of benzene rings is 1. The van der Waals surface area contributed by atoms with Gasteiger partial charge in [0.05, 0.1) is 17.7 Å². The van der Waals surface area contributed by atoms with Crippen molar-refractivity contribution in [2.24, 2.45) is 0 Å². The Morgan fingerprint density at radius 3 is 2.67 bits per heavy atom. The van der Waals surface area contributed by atoms with E-state index < -0.39 is 0 Å². The summed E-state index contributed by atoms with van der Waals surface area (Å²) in [6.07, 6.45) is 2.65. The Morgan fingerprint density at radius 2 is 2.07 bits per heavy atom. The third-order valence-corrected chi connectivity index (χ3v) is 5.76. The number of nitrogens with zero attached hydrogens (tertiary/aromatic N) is 5. The molecule has 1 fully saturated rings. The molecule has 0 N–H and O–H groups in total. The quantitative estimate of drug-likeness (QED) is 0.646. The minimum atomic E-state index is -0.313. The zero-order valence-electron chi connectivity index (χ0n) is 16.1. The second kappa shape index (κ2) is 8.57. The fourth-order valence-corrected chi connectivity index (χ4v) is 3.99. The van der Waals surface area contributed by atoms with Gasteiger partial charge in [-0.2, -0.15) is 5.26 Å². The van der Waals surface area contributed by atoms with Crippen LogP contribution in [0.4, 0.5) is 5.69 Å². The molecule has 1 aliphatic rings. The van der Waals surface area contributed by atoms with Crippen LogP contribution < -0.4 is 4.90 Å². The molecule has 6 nitrogen and oxygen atoms in total. The van der Waals surface area contributed by atoms with E-state index in [2.05, 4.69) is 27.8 Å². The Hall–Kier alpha value is -2.33. The molecule has 1 unspecified atom stereocenters. The van der Waals surface area contributed by atoms with Gasteiger partial charge in [-0.1, -0.05) is 29.5 Å². The lowest BCUT2D eigenvalue weighted by atomic mass is 10.2. The van der Waals surface area contributed by atoms with Crippen molar-refractivity contribution in [3.63, 3.8) is 0 Å². The summed E-state index contributed by atoms with van der Waals surface area (Å²) in [7, 11) is 0. The second-order valence-corrected chi connectivity index (χ2v) is 8.16. The maximum Gasteiger partial charge on any atom is 0.240 e. The van der Waals surface area contributed by atoms with Gasteiger partial charge in [0.1, 0.15) is 5.82 Å².